The number of hydrogen-bond donors (Lipinski definition) is 0. The van der Waals surface area contributed by atoms with Crippen molar-refractivity contribution in [2.24, 2.45) is 0 Å². The fourth-order valence-corrected chi connectivity index (χ4v) is 4.19. The molecule has 184 valence electrons. The van der Waals surface area contributed by atoms with Crippen molar-refractivity contribution >= 4 is 11.8 Å². The van der Waals surface area contributed by atoms with Crippen molar-refractivity contribution < 1.29 is 14.3 Å². The van der Waals surface area contributed by atoms with Gasteiger partial charge in [-0.25, -0.2) is 0 Å². The lowest BCUT2D eigenvalue weighted by Crippen LogP contribution is -2.37. The van der Waals surface area contributed by atoms with Crippen molar-refractivity contribution in [3.8, 4) is 17.1 Å². The first-order valence-corrected chi connectivity index (χ1v) is 12.1. The number of methoxy groups -OCH3 is 1. The normalized spacial score (nSPS) is 14.0. The van der Waals surface area contributed by atoms with Crippen LogP contribution in [0, 0.1) is 0 Å². The maximum absolute atomic E-state index is 12.8. The van der Waals surface area contributed by atoms with Crippen molar-refractivity contribution in [2.45, 2.75) is 38.6 Å². The molecular weight excluding hydrogens is 444 g/mol. The second kappa shape index (κ2) is 12.1. The highest BCUT2D eigenvalue weighted by Crippen LogP contribution is 2.15. The van der Waals surface area contributed by atoms with Crippen LogP contribution < -0.4 is 4.74 Å². The lowest BCUT2D eigenvalue weighted by atomic mass is 10.1. The van der Waals surface area contributed by atoms with E-state index in [1.165, 1.54) is 0 Å². The summed E-state index contributed by atoms with van der Waals surface area (Å²) in [5.74, 6) is 1.65. The molecule has 9 nitrogen and oxygen atoms in total. The summed E-state index contributed by atoms with van der Waals surface area (Å²) in [6, 6.07) is 17.5. The van der Waals surface area contributed by atoms with Crippen LogP contribution in [0.4, 0.5) is 0 Å². The van der Waals surface area contributed by atoms with Crippen LogP contribution in [0.2, 0.25) is 0 Å². The van der Waals surface area contributed by atoms with Crippen LogP contribution in [0.5, 0.6) is 5.75 Å². The molecule has 35 heavy (non-hydrogen) atoms. The Hall–Kier alpha value is -3.75. The first kappa shape index (κ1) is 24.4. The molecule has 0 radical (unpaired) electrons. The van der Waals surface area contributed by atoms with Crippen LogP contribution in [-0.2, 0) is 22.6 Å². The molecule has 1 aromatic heterocycles. The number of carbonyl (C=O) groups is 2. The molecule has 1 saturated heterocycles. The van der Waals surface area contributed by atoms with Crippen LogP contribution in [0.1, 0.15) is 31.2 Å². The Bertz CT molecular complexity index is 1100. The minimum atomic E-state index is 0.112. The molecule has 1 fully saturated rings. The molecule has 9 heteroatoms. The number of ether oxygens (including phenoxy) is 1. The quantitative estimate of drug-likeness (QED) is 0.472. The van der Waals surface area contributed by atoms with Crippen LogP contribution >= 0.6 is 0 Å². The molecule has 3 aromatic rings. The molecular formula is C26H32N6O3. The molecule has 0 N–H and O–H groups in total. The van der Waals surface area contributed by atoms with Gasteiger partial charge in [0.15, 0.2) is 0 Å². The highest BCUT2D eigenvalue weighted by atomic mass is 16.5. The number of amides is 2. The summed E-state index contributed by atoms with van der Waals surface area (Å²) in [6.45, 7) is 3.07. The summed E-state index contributed by atoms with van der Waals surface area (Å²) in [5, 5.41) is 12.6. The fourth-order valence-electron chi connectivity index (χ4n) is 4.19. The Morgan fingerprint density at radius 1 is 0.886 bits per heavy atom. The molecule has 2 heterocycles. The topological polar surface area (TPSA) is 93.5 Å². The minimum Gasteiger partial charge on any atom is -0.497 e. The van der Waals surface area contributed by atoms with Crippen molar-refractivity contribution in [2.75, 3.05) is 33.3 Å². The van der Waals surface area contributed by atoms with E-state index >= 15 is 0 Å². The molecule has 0 aliphatic carbocycles. The maximum Gasteiger partial charge on any atom is 0.222 e. The standard InChI is InChI=1S/C26H32N6O3/c1-35-23-13-10-21(11-14-23)12-15-25(34)31-17-6-16-30(19-20-31)24(33)9-5-18-32-28-26(27-29-32)22-7-3-2-4-8-22/h2-4,7-8,10-11,13-14H,5-6,9,12,15-20H2,1H3. The van der Waals surface area contributed by atoms with Gasteiger partial charge in [-0.2, -0.15) is 4.80 Å². The summed E-state index contributed by atoms with van der Waals surface area (Å²) in [7, 11) is 1.64. The predicted molar refractivity (Wildman–Crippen MR) is 132 cm³/mol. The number of carbonyl (C=O) groups excluding carboxylic acids is 2. The zero-order valence-electron chi connectivity index (χ0n) is 20.2. The molecule has 0 spiro atoms. The summed E-state index contributed by atoms with van der Waals surface area (Å²) in [5.41, 5.74) is 2.03. The maximum atomic E-state index is 12.8. The highest BCUT2D eigenvalue weighted by molar-refractivity contribution is 5.78. The average molecular weight is 477 g/mol. The molecule has 2 amide bonds. The van der Waals surface area contributed by atoms with Crippen molar-refractivity contribution in [3.05, 3.63) is 60.2 Å². The third-order valence-corrected chi connectivity index (χ3v) is 6.22. The lowest BCUT2D eigenvalue weighted by molar-refractivity contribution is -0.133. The first-order chi connectivity index (χ1) is 17.1. The summed E-state index contributed by atoms with van der Waals surface area (Å²) in [4.78, 5) is 30.8. The first-order valence-electron chi connectivity index (χ1n) is 12.1. The van der Waals surface area contributed by atoms with E-state index in [-0.39, 0.29) is 11.8 Å². The Balaban J connectivity index is 1.18. The van der Waals surface area contributed by atoms with Crippen molar-refractivity contribution in [1.29, 1.82) is 0 Å². The van der Waals surface area contributed by atoms with Gasteiger partial charge < -0.3 is 14.5 Å². The zero-order chi connectivity index (χ0) is 24.5. The third kappa shape index (κ3) is 6.88. The molecule has 2 aromatic carbocycles. The van der Waals surface area contributed by atoms with Gasteiger partial charge in [0.2, 0.25) is 17.6 Å². The Morgan fingerprint density at radius 3 is 2.26 bits per heavy atom. The minimum absolute atomic E-state index is 0.112. The molecule has 0 atom stereocenters. The van der Waals surface area contributed by atoms with Crippen LogP contribution in [-0.4, -0.2) is 75.1 Å². The SMILES string of the molecule is COc1ccc(CCC(=O)N2CCCN(C(=O)CCCn3nnc(-c4ccccc4)n3)CC2)cc1. The average Bonchev–Trinajstić information content (AvgIpc) is 3.23. The van der Waals surface area contributed by atoms with Gasteiger partial charge in [0.1, 0.15) is 5.75 Å². The molecule has 1 aliphatic heterocycles. The van der Waals surface area contributed by atoms with Gasteiger partial charge >= 0.3 is 0 Å². The van der Waals surface area contributed by atoms with Crippen LogP contribution in [0.15, 0.2) is 54.6 Å². The Kier molecular flexibility index (Phi) is 8.43. The highest BCUT2D eigenvalue weighted by Gasteiger charge is 2.21. The summed E-state index contributed by atoms with van der Waals surface area (Å²) in [6.07, 6.45) is 3.03. The number of nitrogens with zero attached hydrogens (tertiary/aromatic N) is 6. The van der Waals surface area contributed by atoms with E-state index < -0.39 is 0 Å². The number of aromatic nitrogens is 4. The smallest absolute Gasteiger partial charge is 0.222 e. The van der Waals surface area contributed by atoms with Gasteiger partial charge in [0, 0.05) is 44.6 Å². The van der Waals surface area contributed by atoms with E-state index in [1.807, 2.05) is 64.4 Å². The predicted octanol–water partition coefficient (Wildman–Crippen LogP) is 2.82. The van der Waals surface area contributed by atoms with Gasteiger partial charge in [-0.05, 0) is 42.2 Å². The van der Waals surface area contributed by atoms with Crippen LogP contribution in [0.3, 0.4) is 0 Å². The van der Waals surface area contributed by atoms with Gasteiger partial charge in [0.05, 0.1) is 13.7 Å². The number of rotatable bonds is 9. The van der Waals surface area contributed by atoms with Crippen molar-refractivity contribution in [3.63, 3.8) is 0 Å². The molecule has 0 unspecified atom stereocenters. The van der Waals surface area contributed by atoms with E-state index in [9.17, 15) is 9.59 Å². The second-order valence-corrected chi connectivity index (χ2v) is 8.64. The lowest BCUT2D eigenvalue weighted by Gasteiger charge is -2.22. The molecule has 0 saturated carbocycles. The number of benzene rings is 2. The third-order valence-electron chi connectivity index (χ3n) is 6.22. The van der Waals surface area contributed by atoms with E-state index in [0.717, 1.165) is 23.3 Å². The van der Waals surface area contributed by atoms with E-state index in [4.69, 9.17) is 4.74 Å². The largest absolute Gasteiger partial charge is 0.497 e. The van der Waals surface area contributed by atoms with Crippen molar-refractivity contribution in [1.82, 2.24) is 30.0 Å². The van der Waals surface area contributed by atoms with E-state index in [1.54, 1.807) is 11.9 Å². The molecule has 0 bridgehead atoms. The summed E-state index contributed by atoms with van der Waals surface area (Å²) < 4.78 is 5.18. The molecule has 4 rings (SSSR count). The second-order valence-electron chi connectivity index (χ2n) is 8.64. The molecule has 1 aliphatic rings. The number of tetrazole rings is 1. The number of hydrogen-bond acceptors (Lipinski definition) is 6. The van der Waals surface area contributed by atoms with Gasteiger partial charge in [0.25, 0.3) is 0 Å². The Morgan fingerprint density at radius 2 is 1.57 bits per heavy atom. The van der Waals surface area contributed by atoms with Gasteiger partial charge in [-0.1, -0.05) is 42.5 Å². The monoisotopic (exact) mass is 476 g/mol. The number of aryl methyl sites for hydroxylation is 2. The van der Waals surface area contributed by atoms with Crippen LogP contribution in [0.25, 0.3) is 11.4 Å². The Labute approximate surface area is 205 Å². The van der Waals surface area contributed by atoms with Gasteiger partial charge in [-0.15, -0.1) is 10.2 Å². The van der Waals surface area contributed by atoms with E-state index in [0.29, 0.717) is 64.2 Å². The van der Waals surface area contributed by atoms with Gasteiger partial charge in [-0.3, -0.25) is 9.59 Å². The zero-order valence-corrected chi connectivity index (χ0v) is 20.2. The fraction of sp³-hybridized carbons (Fsp3) is 0.423. The van der Waals surface area contributed by atoms with E-state index in [2.05, 4.69) is 15.4 Å². The summed E-state index contributed by atoms with van der Waals surface area (Å²) >= 11 is 0.